The molecule has 0 aliphatic heterocycles. The molecule has 3 atom stereocenters. The Morgan fingerprint density at radius 1 is 1.10 bits per heavy atom. The molecule has 30 heavy (non-hydrogen) atoms. The van der Waals surface area contributed by atoms with Crippen LogP contribution in [0, 0.1) is 11.3 Å². The number of hydrogen-bond acceptors (Lipinski definition) is 3. The Morgan fingerprint density at radius 2 is 1.83 bits per heavy atom. The Balaban J connectivity index is 1.54. The lowest BCUT2D eigenvalue weighted by Crippen LogP contribution is -2.46. The SMILES string of the molecule is CN(C=O)C(=N)N[C@@H](CCc1ccccc1)C[C@H]1CCC[C@@H](NC2CCCCC2)C1. The number of amides is 1. The molecule has 2 aliphatic rings. The molecule has 3 rings (SSSR count). The molecule has 2 saturated carbocycles. The van der Waals surface area contributed by atoms with Gasteiger partial charge in [-0.1, -0.05) is 62.4 Å². The molecule has 0 radical (unpaired) electrons. The maximum Gasteiger partial charge on any atom is 0.216 e. The fraction of sp³-hybridized carbons (Fsp3) is 0.680. The first-order chi connectivity index (χ1) is 14.6. The average molecular weight is 413 g/mol. The highest BCUT2D eigenvalue weighted by atomic mass is 16.1. The second-order valence-electron chi connectivity index (χ2n) is 9.40. The van der Waals surface area contributed by atoms with Gasteiger partial charge in [0.25, 0.3) is 0 Å². The number of hydrogen-bond donors (Lipinski definition) is 3. The van der Waals surface area contributed by atoms with E-state index in [9.17, 15) is 4.79 Å². The molecule has 0 spiro atoms. The summed E-state index contributed by atoms with van der Waals surface area (Å²) in [6.45, 7) is 0. The number of rotatable bonds is 9. The van der Waals surface area contributed by atoms with E-state index in [1.54, 1.807) is 7.05 Å². The maximum absolute atomic E-state index is 11.1. The van der Waals surface area contributed by atoms with Crippen LogP contribution in [-0.2, 0) is 11.2 Å². The van der Waals surface area contributed by atoms with E-state index >= 15 is 0 Å². The minimum Gasteiger partial charge on any atom is -0.353 e. The van der Waals surface area contributed by atoms with E-state index in [-0.39, 0.29) is 12.0 Å². The van der Waals surface area contributed by atoms with E-state index in [0.717, 1.165) is 25.3 Å². The monoisotopic (exact) mass is 412 g/mol. The van der Waals surface area contributed by atoms with Gasteiger partial charge in [0.15, 0.2) is 5.96 Å². The molecule has 0 unspecified atom stereocenters. The molecule has 1 aromatic carbocycles. The summed E-state index contributed by atoms with van der Waals surface area (Å²) in [6.07, 6.45) is 15.7. The lowest BCUT2D eigenvalue weighted by atomic mass is 9.80. The first-order valence-electron chi connectivity index (χ1n) is 12.0. The highest BCUT2D eigenvalue weighted by molar-refractivity contribution is 5.86. The van der Waals surface area contributed by atoms with Gasteiger partial charge in [-0.2, -0.15) is 0 Å². The van der Waals surface area contributed by atoms with E-state index in [1.807, 2.05) is 0 Å². The zero-order valence-electron chi connectivity index (χ0n) is 18.6. The van der Waals surface area contributed by atoms with Crippen LogP contribution < -0.4 is 10.6 Å². The molecular weight excluding hydrogens is 372 g/mol. The largest absolute Gasteiger partial charge is 0.353 e. The molecule has 1 amide bonds. The standard InChI is InChI=1S/C25H40N4O/c1-29(19-30)25(26)28-24(16-15-20-9-4-2-5-10-20)18-21-11-8-14-23(17-21)27-22-12-6-3-7-13-22/h2,4-5,9-10,19,21-24,27H,3,6-8,11-18H2,1H3,(H2,26,28)/t21-,23+,24-/m0/s1. The molecule has 5 heteroatoms. The van der Waals surface area contributed by atoms with Gasteiger partial charge in [-0.15, -0.1) is 0 Å². The minimum atomic E-state index is 0.204. The van der Waals surface area contributed by atoms with Gasteiger partial charge in [-0.25, -0.2) is 0 Å². The van der Waals surface area contributed by atoms with Crippen LogP contribution in [0.4, 0.5) is 0 Å². The van der Waals surface area contributed by atoms with Gasteiger partial charge in [0, 0.05) is 25.2 Å². The van der Waals surface area contributed by atoms with Crippen molar-refractivity contribution in [3.8, 4) is 0 Å². The number of nitrogens with zero attached hydrogens (tertiary/aromatic N) is 1. The molecule has 2 fully saturated rings. The number of carbonyl (C=O) groups is 1. The minimum absolute atomic E-state index is 0.204. The number of nitrogens with one attached hydrogen (secondary N) is 3. The summed E-state index contributed by atoms with van der Waals surface area (Å²) in [7, 11) is 1.64. The van der Waals surface area contributed by atoms with Gasteiger partial charge >= 0.3 is 0 Å². The first-order valence-corrected chi connectivity index (χ1v) is 12.0. The predicted octanol–water partition coefficient (Wildman–Crippen LogP) is 4.47. The molecule has 0 saturated heterocycles. The molecule has 166 valence electrons. The van der Waals surface area contributed by atoms with Crippen molar-refractivity contribution in [3.63, 3.8) is 0 Å². The smallest absolute Gasteiger partial charge is 0.216 e. The van der Waals surface area contributed by atoms with Crippen LogP contribution in [0.2, 0.25) is 0 Å². The van der Waals surface area contributed by atoms with Crippen molar-refractivity contribution in [2.45, 2.75) is 95.2 Å². The van der Waals surface area contributed by atoms with Crippen LogP contribution in [0.3, 0.4) is 0 Å². The average Bonchev–Trinajstić information content (AvgIpc) is 2.78. The molecule has 0 heterocycles. The van der Waals surface area contributed by atoms with Crippen molar-refractivity contribution in [1.29, 1.82) is 5.41 Å². The van der Waals surface area contributed by atoms with E-state index in [1.165, 1.54) is 68.3 Å². The molecule has 5 nitrogen and oxygen atoms in total. The lowest BCUT2D eigenvalue weighted by molar-refractivity contribution is -0.114. The van der Waals surface area contributed by atoms with Gasteiger partial charge in [-0.3, -0.25) is 15.1 Å². The summed E-state index contributed by atoms with van der Waals surface area (Å²) in [5, 5.41) is 15.5. The maximum atomic E-state index is 11.1. The predicted molar refractivity (Wildman–Crippen MR) is 124 cm³/mol. The second-order valence-corrected chi connectivity index (χ2v) is 9.40. The summed E-state index contributed by atoms with van der Waals surface area (Å²) in [4.78, 5) is 12.4. The van der Waals surface area contributed by atoms with Gasteiger partial charge in [-0.05, 0) is 56.4 Å². The molecule has 0 bridgehead atoms. The van der Waals surface area contributed by atoms with Gasteiger partial charge in [0.05, 0.1) is 0 Å². The van der Waals surface area contributed by atoms with Crippen LogP contribution in [0.25, 0.3) is 0 Å². The summed E-state index contributed by atoms with van der Waals surface area (Å²) < 4.78 is 0. The third-order valence-corrected chi connectivity index (χ3v) is 6.95. The zero-order chi connectivity index (χ0) is 21.2. The van der Waals surface area contributed by atoms with E-state index < -0.39 is 0 Å². The fourth-order valence-electron chi connectivity index (χ4n) is 5.24. The molecule has 3 N–H and O–H groups in total. The van der Waals surface area contributed by atoms with Crippen molar-refractivity contribution >= 4 is 12.4 Å². The molecular formula is C25H40N4O. The second kappa shape index (κ2) is 12.1. The van der Waals surface area contributed by atoms with Crippen molar-refractivity contribution < 1.29 is 4.79 Å². The summed E-state index contributed by atoms with van der Waals surface area (Å²) >= 11 is 0. The highest BCUT2D eigenvalue weighted by Gasteiger charge is 2.27. The fourth-order valence-corrected chi connectivity index (χ4v) is 5.24. The van der Waals surface area contributed by atoms with Crippen LogP contribution in [0.15, 0.2) is 30.3 Å². The highest BCUT2D eigenvalue weighted by Crippen LogP contribution is 2.30. The quantitative estimate of drug-likeness (QED) is 0.318. The third-order valence-electron chi connectivity index (χ3n) is 6.95. The number of guanidine groups is 1. The van der Waals surface area contributed by atoms with Crippen LogP contribution in [0.5, 0.6) is 0 Å². The van der Waals surface area contributed by atoms with Crippen molar-refractivity contribution in [3.05, 3.63) is 35.9 Å². The molecule has 1 aromatic rings. The van der Waals surface area contributed by atoms with Crippen LogP contribution in [-0.4, -0.2) is 42.4 Å². The van der Waals surface area contributed by atoms with Crippen LogP contribution >= 0.6 is 0 Å². The van der Waals surface area contributed by atoms with Crippen molar-refractivity contribution in [1.82, 2.24) is 15.5 Å². The van der Waals surface area contributed by atoms with Crippen molar-refractivity contribution in [2.24, 2.45) is 5.92 Å². The molecule has 0 aromatic heterocycles. The van der Waals surface area contributed by atoms with Crippen molar-refractivity contribution in [2.75, 3.05) is 7.05 Å². The van der Waals surface area contributed by atoms with Gasteiger partial charge < -0.3 is 10.6 Å². The number of carbonyl (C=O) groups excluding carboxylic acids is 1. The Kier molecular flexibility index (Phi) is 9.19. The number of aryl methyl sites for hydroxylation is 1. The third kappa shape index (κ3) is 7.42. The summed E-state index contributed by atoms with van der Waals surface area (Å²) in [5.74, 6) is 0.887. The van der Waals surface area contributed by atoms with E-state index in [2.05, 4.69) is 41.0 Å². The summed E-state index contributed by atoms with van der Waals surface area (Å²) in [6, 6.07) is 12.2. The zero-order valence-corrected chi connectivity index (χ0v) is 18.6. The van der Waals surface area contributed by atoms with E-state index in [4.69, 9.17) is 5.41 Å². The summed E-state index contributed by atoms with van der Waals surface area (Å²) in [5.41, 5.74) is 1.33. The number of benzene rings is 1. The van der Waals surface area contributed by atoms with E-state index in [0.29, 0.717) is 18.4 Å². The first kappa shape index (κ1) is 22.8. The lowest BCUT2D eigenvalue weighted by Gasteiger charge is -2.36. The molecule has 2 aliphatic carbocycles. The topological polar surface area (TPSA) is 68.2 Å². The Bertz CT molecular complexity index is 644. The normalized spacial score (nSPS) is 23.5. The van der Waals surface area contributed by atoms with Gasteiger partial charge in [0.2, 0.25) is 6.41 Å². The Morgan fingerprint density at radius 3 is 2.57 bits per heavy atom. The van der Waals surface area contributed by atoms with Crippen LogP contribution in [0.1, 0.15) is 76.2 Å². The van der Waals surface area contributed by atoms with Gasteiger partial charge in [0.1, 0.15) is 0 Å². The Hall–Kier alpha value is -1.88. The Labute approximate surface area is 182 Å².